The molecule has 0 aromatic heterocycles. The van der Waals surface area contributed by atoms with E-state index in [0.29, 0.717) is 16.8 Å². The molecule has 1 atom stereocenters. The zero-order valence-electron chi connectivity index (χ0n) is 15.0. The average molecular weight is 362 g/mol. The van der Waals surface area contributed by atoms with Crippen LogP contribution in [0.2, 0.25) is 0 Å². The van der Waals surface area contributed by atoms with Gasteiger partial charge in [-0.25, -0.2) is 4.79 Å². The van der Waals surface area contributed by atoms with Crippen LogP contribution in [-0.2, 0) is 15.1 Å². The highest BCUT2D eigenvalue weighted by Gasteiger charge is 2.49. The van der Waals surface area contributed by atoms with Crippen LogP contribution in [0.4, 0.5) is 10.5 Å². The van der Waals surface area contributed by atoms with Crippen LogP contribution in [-0.4, -0.2) is 36.3 Å². The number of nitrogens with zero attached hydrogens (tertiary/aromatic N) is 3. The first-order valence-corrected chi connectivity index (χ1v) is 8.33. The fourth-order valence-corrected chi connectivity index (χ4v) is 2.97. The molecule has 1 aliphatic rings. The molecule has 0 saturated carbocycles. The second kappa shape index (κ2) is 6.92. The Morgan fingerprint density at radius 2 is 1.89 bits per heavy atom. The Morgan fingerprint density at radius 1 is 1.19 bits per heavy atom. The van der Waals surface area contributed by atoms with Crippen molar-refractivity contribution >= 4 is 23.5 Å². The fourth-order valence-electron chi connectivity index (χ4n) is 2.97. The van der Waals surface area contributed by atoms with Gasteiger partial charge in [-0.3, -0.25) is 14.5 Å². The normalized spacial score (nSPS) is 18.8. The van der Waals surface area contributed by atoms with Crippen LogP contribution in [0.3, 0.4) is 0 Å². The fraction of sp³-hybridized carbons (Fsp3) is 0.200. The lowest BCUT2D eigenvalue weighted by Gasteiger charge is -2.23. The SMILES string of the molecule is CN(C(=O)CN1C(=O)N[C@](C)(c2cccc(C#N)c2)C1=O)c1ccccc1. The van der Waals surface area contributed by atoms with Crippen LogP contribution >= 0.6 is 0 Å². The van der Waals surface area contributed by atoms with Crippen LogP contribution < -0.4 is 10.2 Å². The molecule has 2 aromatic carbocycles. The van der Waals surface area contributed by atoms with Crippen LogP contribution in [0, 0.1) is 11.3 Å². The summed E-state index contributed by atoms with van der Waals surface area (Å²) < 4.78 is 0. The van der Waals surface area contributed by atoms with Gasteiger partial charge < -0.3 is 10.2 Å². The number of likely N-dealkylation sites (N-methyl/N-ethyl adjacent to an activating group) is 1. The van der Waals surface area contributed by atoms with Crippen LogP contribution in [0.1, 0.15) is 18.1 Å². The molecule has 4 amide bonds. The van der Waals surface area contributed by atoms with Gasteiger partial charge >= 0.3 is 6.03 Å². The van der Waals surface area contributed by atoms with E-state index in [-0.39, 0.29) is 12.5 Å². The van der Waals surface area contributed by atoms with E-state index in [4.69, 9.17) is 5.26 Å². The minimum absolute atomic E-state index is 0.371. The Morgan fingerprint density at radius 3 is 2.56 bits per heavy atom. The van der Waals surface area contributed by atoms with Crippen molar-refractivity contribution in [2.24, 2.45) is 0 Å². The second-order valence-electron chi connectivity index (χ2n) is 6.43. The molecule has 0 aliphatic carbocycles. The van der Waals surface area contributed by atoms with Gasteiger partial charge in [0.1, 0.15) is 12.1 Å². The van der Waals surface area contributed by atoms with E-state index in [9.17, 15) is 14.4 Å². The van der Waals surface area contributed by atoms with Crippen molar-refractivity contribution in [2.45, 2.75) is 12.5 Å². The van der Waals surface area contributed by atoms with E-state index in [1.54, 1.807) is 62.5 Å². The monoisotopic (exact) mass is 362 g/mol. The number of imide groups is 1. The third-order valence-corrected chi connectivity index (χ3v) is 4.65. The number of nitrogens with one attached hydrogen (secondary N) is 1. The van der Waals surface area contributed by atoms with Crippen molar-refractivity contribution in [2.75, 3.05) is 18.5 Å². The van der Waals surface area contributed by atoms with Crippen LogP contribution in [0.15, 0.2) is 54.6 Å². The molecule has 0 radical (unpaired) electrons. The molecule has 1 saturated heterocycles. The number of nitriles is 1. The Hall–Kier alpha value is -3.66. The molecule has 27 heavy (non-hydrogen) atoms. The lowest BCUT2D eigenvalue weighted by atomic mass is 9.91. The second-order valence-corrected chi connectivity index (χ2v) is 6.43. The molecule has 0 unspecified atom stereocenters. The summed E-state index contributed by atoms with van der Waals surface area (Å²) in [7, 11) is 1.59. The van der Waals surface area contributed by atoms with Gasteiger partial charge in [0.2, 0.25) is 5.91 Å². The number of urea groups is 1. The van der Waals surface area contributed by atoms with Crippen molar-refractivity contribution in [3.63, 3.8) is 0 Å². The minimum Gasteiger partial charge on any atom is -0.319 e. The number of rotatable bonds is 4. The molecule has 0 spiro atoms. The van der Waals surface area contributed by atoms with Crippen LogP contribution in [0.25, 0.3) is 0 Å². The summed E-state index contributed by atoms with van der Waals surface area (Å²) in [5.41, 5.74) is 0.217. The van der Waals surface area contributed by atoms with E-state index in [0.717, 1.165) is 4.90 Å². The van der Waals surface area contributed by atoms with E-state index >= 15 is 0 Å². The molecule has 3 rings (SSSR count). The smallest absolute Gasteiger partial charge is 0.319 e. The third kappa shape index (κ3) is 3.25. The number of amides is 4. The zero-order chi connectivity index (χ0) is 19.6. The van der Waals surface area contributed by atoms with E-state index < -0.39 is 17.5 Å². The molecule has 2 aromatic rings. The number of para-hydroxylation sites is 1. The first kappa shape index (κ1) is 18.1. The van der Waals surface area contributed by atoms with Gasteiger partial charge in [0.05, 0.1) is 11.6 Å². The average Bonchev–Trinajstić information content (AvgIpc) is 2.92. The first-order valence-electron chi connectivity index (χ1n) is 8.33. The highest BCUT2D eigenvalue weighted by atomic mass is 16.2. The maximum atomic E-state index is 12.9. The Balaban J connectivity index is 1.82. The lowest BCUT2D eigenvalue weighted by molar-refractivity contribution is -0.134. The third-order valence-electron chi connectivity index (χ3n) is 4.65. The van der Waals surface area contributed by atoms with E-state index in [1.165, 1.54) is 4.90 Å². The molecular weight excluding hydrogens is 344 g/mol. The molecule has 7 nitrogen and oxygen atoms in total. The summed E-state index contributed by atoms with van der Waals surface area (Å²) >= 11 is 0. The van der Waals surface area contributed by atoms with Crippen molar-refractivity contribution in [3.05, 3.63) is 65.7 Å². The highest BCUT2D eigenvalue weighted by Crippen LogP contribution is 2.29. The van der Waals surface area contributed by atoms with Crippen molar-refractivity contribution in [3.8, 4) is 6.07 Å². The standard InChI is InChI=1S/C20H18N4O3/c1-20(15-8-6-7-14(11-15)12-21)18(26)24(19(27)22-20)13-17(25)23(2)16-9-4-3-5-10-16/h3-11H,13H2,1-2H3,(H,22,27)/t20-/m1/s1. The Bertz CT molecular complexity index is 951. The maximum absolute atomic E-state index is 12.9. The van der Waals surface area contributed by atoms with E-state index in [2.05, 4.69) is 5.32 Å². The largest absolute Gasteiger partial charge is 0.325 e. The van der Waals surface area contributed by atoms with Crippen molar-refractivity contribution < 1.29 is 14.4 Å². The summed E-state index contributed by atoms with van der Waals surface area (Å²) in [5.74, 6) is -0.919. The van der Waals surface area contributed by atoms with Crippen LogP contribution in [0.5, 0.6) is 0 Å². The summed E-state index contributed by atoms with van der Waals surface area (Å²) in [5, 5.41) is 11.7. The number of hydrogen-bond donors (Lipinski definition) is 1. The number of carbonyl (C=O) groups excluding carboxylic acids is 3. The molecular formula is C20H18N4O3. The predicted octanol–water partition coefficient (Wildman–Crippen LogP) is 1.99. The molecule has 7 heteroatoms. The maximum Gasteiger partial charge on any atom is 0.325 e. The van der Waals surface area contributed by atoms with Gasteiger partial charge in [0.25, 0.3) is 5.91 Å². The number of hydrogen-bond acceptors (Lipinski definition) is 4. The van der Waals surface area contributed by atoms with Gasteiger partial charge in [-0.1, -0.05) is 30.3 Å². The summed E-state index contributed by atoms with van der Waals surface area (Å²) in [6.45, 7) is 1.19. The topological polar surface area (TPSA) is 93.5 Å². The first-order chi connectivity index (χ1) is 12.9. The molecule has 136 valence electrons. The van der Waals surface area contributed by atoms with Gasteiger partial charge in [0, 0.05) is 12.7 Å². The minimum atomic E-state index is -1.32. The molecule has 1 aliphatic heterocycles. The zero-order valence-corrected chi connectivity index (χ0v) is 15.0. The van der Waals surface area contributed by atoms with Gasteiger partial charge in [-0.05, 0) is 36.8 Å². The van der Waals surface area contributed by atoms with Crippen molar-refractivity contribution in [1.82, 2.24) is 10.2 Å². The highest BCUT2D eigenvalue weighted by molar-refractivity contribution is 6.10. The van der Waals surface area contributed by atoms with E-state index in [1.807, 2.05) is 12.1 Å². The molecule has 1 heterocycles. The Labute approximate surface area is 156 Å². The van der Waals surface area contributed by atoms with Crippen molar-refractivity contribution in [1.29, 1.82) is 5.26 Å². The predicted molar refractivity (Wildman–Crippen MR) is 98.6 cm³/mol. The molecule has 0 bridgehead atoms. The Kier molecular flexibility index (Phi) is 4.65. The summed E-state index contributed by atoms with van der Waals surface area (Å²) in [4.78, 5) is 40.1. The molecule has 1 fully saturated rings. The van der Waals surface area contributed by atoms with Gasteiger partial charge in [0.15, 0.2) is 0 Å². The lowest BCUT2D eigenvalue weighted by Crippen LogP contribution is -2.43. The molecule has 1 N–H and O–H groups in total. The number of anilines is 1. The number of benzene rings is 2. The van der Waals surface area contributed by atoms with Gasteiger partial charge in [-0.2, -0.15) is 5.26 Å². The summed E-state index contributed by atoms with van der Waals surface area (Å²) in [6, 6.07) is 16.8. The van der Waals surface area contributed by atoms with Gasteiger partial charge in [-0.15, -0.1) is 0 Å². The number of carbonyl (C=O) groups is 3. The quantitative estimate of drug-likeness (QED) is 0.842. The summed E-state index contributed by atoms with van der Waals surface area (Å²) in [6.07, 6.45) is 0.